The van der Waals surface area contributed by atoms with Crippen LogP contribution in [-0.4, -0.2) is 33.9 Å². The number of oxazole rings is 1. The molecule has 0 radical (unpaired) electrons. The zero-order valence-electron chi connectivity index (χ0n) is 17.3. The highest BCUT2D eigenvalue weighted by molar-refractivity contribution is 7.18. The van der Waals surface area contributed by atoms with Gasteiger partial charge in [0, 0.05) is 47.5 Å². The standard InChI is InChI=1S/C24H21Cl2N3O2S/c25-17-3-1-15(2-4-17)20-14-27-22(31-20)7-8-23(30)29-11-9-16(10-12-29)24-28-19-13-18(26)5-6-21(19)32-24/h1-6,13-14,16H,7-12H2. The molecule has 0 saturated carbocycles. The molecule has 2 aromatic carbocycles. The van der Waals surface area contributed by atoms with Gasteiger partial charge in [0.2, 0.25) is 5.91 Å². The number of carbonyl (C=O) groups is 1. The van der Waals surface area contributed by atoms with Gasteiger partial charge in [-0.25, -0.2) is 9.97 Å². The molecule has 0 bridgehead atoms. The molecule has 5 rings (SSSR count). The molecule has 0 N–H and O–H groups in total. The van der Waals surface area contributed by atoms with Crippen molar-refractivity contribution in [2.75, 3.05) is 13.1 Å². The molecule has 4 aromatic rings. The number of aromatic nitrogens is 2. The van der Waals surface area contributed by atoms with E-state index in [2.05, 4.69) is 4.98 Å². The van der Waals surface area contributed by atoms with Gasteiger partial charge < -0.3 is 9.32 Å². The molecular weight excluding hydrogens is 465 g/mol. The van der Waals surface area contributed by atoms with Crippen molar-refractivity contribution in [3.63, 3.8) is 0 Å². The summed E-state index contributed by atoms with van der Waals surface area (Å²) in [6, 6.07) is 13.3. The Bertz CT molecular complexity index is 1240. The van der Waals surface area contributed by atoms with Gasteiger partial charge in [0.1, 0.15) is 0 Å². The topological polar surface area (TPSA) is 59.2 Å². The maximum atomic E-state index is 12.7. The molecule has 0 atom stereocenters. The fourth-order valence-electron chi connectivity index (χ4n) is 4.01. The highest BCUT2D eigenvalue weighted by Crippen LogP contribution is 2.35. The lowest BCUT2D eigenvalue weighted by Crippen LogP contribution is -2.38. The number of likely N-dealkylation sites (tertiary alicyclic amines) is 1. The number of piperidine rings is 1. The van der Waals surface area contributed by atoms with Crippen LogP contribution in [0.4, 0.5) is 0 Å². The highest BCUT2D eigenvalue weighted by Gasteiger charge is 2.26. The number of amides is 1. The van der Waals surface area contributed by atoms with Crippen LogP contribution in [0, 0.1) is 0 Å². The summed E-state index contributed by atoms with van der Waals surface area (Å²) in [7, 11) is 0. The predicted octanol–water partition coefficient (Wildman–Crippen LogP) is 6.60. The summed E-state index contributed by atoms with van der Waals surface area (Å²) in [5, 5.41) is 2.53. The fraction of sp³-hybridized carbons (Fsp3) is 0.292. The quantitative estimate of drug-likeness (QED) is 0.319. The second kappa shape index (κ2) is 9.22. The SMILES string of the molecule is O=C(CCc1ncc(-c2ccc(Cl)cc2)o1)N1CCC(c2nc3cc(Cl)ccc3s2)CC1. The first-order chi connectivity index (χ1) is 15.5. The van der Waals surface area contributed by atoms with Crippen molar-refractivity contribution in [2.45, 2.75) is 31.6 Å². The number of fused-ring (bicyclic) bond motifs is 1. The van der Waals surface area contributed by atoms with Crippen LogP contribution in [0.25, 0.3) is 21.5 Å². The minimum atomic E-state index is 0.144. The van der Waals surface area contributed by atoms with Crippen molar-refractivity contribution >= 4 is 50.7 Å². The van der Waals surface area contributed by atoms with E-state index in [0.717, 1.165) is 46.7 Å². The molecule has 5 nitrogen and oxygen atoms in total. The largest absolute Gasteiger partial charge is 0.441 e. The summed E-state index contributed by atoms with van der Waals surface area (Å²) in [4.78, 5) is 23.8. The summed E-state index contributed by atoms with van der Waals surface area (Å²) >= 11 is 13.7. The van der Waals surface area contributed by atoms with Gasteiger partial charge in [-0.1, -0.05) is 23.2 Å². The lowest BCUT2D eigenvalue weighted by molar-refractivity contribution is -0.132. The molecule has 0 aliphatic carbocycles. The Morgan fingerprint density at radius 3 is 2.62 bits per heavy atom. The van der Waals surface area contributed by atoms with Gasteiger partial charge in [0.15, 0.2) is 11.7 Å². The van der Waals surface area contributed by atoms with Crippen molar-refractivity contribution in [3.05, 3.63) is 69.6 Å². The molecule has 1 saturated heterocycles. The molecule has 2 aromatic heterocycles. The Kier molecular flexibility index (Phi) is 6.17. The minimum Gasteiger partial charge on any atom is -0.441 e. The van der Waals surface area contributed by atoms with Crippen molar-refractivity contribution in [1.82, 2.24) is 14.9 Å². The van der Waals surface area contributed by atoms with Gasteiger partial charge in [0.25, 0.3) is 0 Å². The first-order valence-corrected chi connectivity index (χ1v) is 12.2. The number of benzene rings is 2. The zero-order chi connectivity index (χ0) is 22.1. The van der Waals surface area contributed by atoms with Crippen LogP contribution in [0.3, 0.4) is 0 Å². The van der Waals surface area contributed by atoms with E-state index in [1.807, 2.05) is 47.4 Å². The third-order valence-corrected chi connectivity index (χ3v) is 7.48. The Hall–Kier alpha value is -2.41. The van der Waals surface area contributed by atoms with Gasteiger partial charge >= 0.3 is 0 Å². The van der Waals surface area contributed by atoms with E-state index in [9.17, 15) is 4.79 Å². The fourth-order valence-corrected chi connectivity index (χ4v) is 5.42. The van der Waals surface area contributed by atoms with Gasteiger partial charge in [-0.15, -0.1) is 11.3 Å². The average molecular weight is 486 g/mol. The molecule has 8 heteroatoms. The second-order valence-electron chi connectivity index (χ2n) is 7.94. The third kappa shape index (κ3) is 4.68. The number of carbonyl (C=O) groups excluding carboxylic acids is 1. The van der Waals surface area contributed by atoms with Gasteiger partial charge in [0.05, 0.1) is 21.4 Å². The summed E-state index contributed by atoms with van der Waals surface area (Å²) < 4.78 is 6.98. The van der Waals surface area contributed by atoms with Gasteiger partial charge in [-0.3, -0.25) is 4.79 Å². The zero-order valence-corrected chi connectivity index (χ0v) is 19.6. The monoisotopic (exact) mass is 485 g/mol. The Labute approximate surface area is 200 Å². The molecule has 1 amide bonds. The maximum absolute atomic E-state index is 12.7. The lowest BCUT2D eigenvalue weighted by Gasteiger charge is -2.31. The maximum Gasteiger partial charge on any atom is 0.223 e. The molecule has 1 fully saturated rings. The van der Waals surface area contributed by atoms with Crippen LogP contribution >= 0.6 is 34.5 Å². The number of rotatable bonds is 5. The summed E-state index contributed by atoms with van der Waals surface area (Å²) in [5.74, 6) is 1.79. The van der Waals surface area contributed by atoms with E-state index in [1.165, 1.54) is 0 Å². The van der Waals surface area contributed by atoms with E-state index in [1.54, 1.807) is 17.5 Å². The number of halogens is 2. The van der Waals surface area contributed by atoms with E-state index in [-0.39, 0.29) is 5.91 Å². The molecule has 1 aliphatic heterocycles. The Morgan fingerprint density at radius 1 is 1.09 bits per heavy atom. The molecule has 3 heterocycles. The summed E-state index contributed by atoms with van der Waals surface area (Å²) in [5.41, 5.74) is 1.87. The van der Waals surface area contributed by atoms with E-state index < -0.39 is 0 Å². The van der Waals surface area contributed by atoms with Gasteiger partial charge in [-0.2, -0.15) is 0 Å². The lowest BCUT2D eigenvalue weighted by atomic mass is 9.97. The van der Waals surface area contributed by atoms with E-state index >= 15 is 0 Å². The van der Waals surface area contributed by atoms with Gasteiger partial charge in [-0.05, 0) is 55.3 Å². The predicted molar refractivity (Wildman–Crippen MR) is 128 cm³/mol. The smallest absolute Gasteiger partial charge is 0.223 e. The third-order valence-electron chi connectivity index (χ3n) is 5.80. The van der Waals surface area contributed by atoms with Crippen LogP contribution in [-0.2, 0) is 11.2 Å². The molecule has 1 aliphatic rings. The summed E-state index contributed by atoms with van der Waals surface area (Å²) in [6.45, 7) is 1.50. The van der Waals surface area contributed by atoms with Crippen LogP contribution in [0.2, 0.25) is 10.0 Å². The van der Waals surface area contributed by atoms with Crippen LogP contribution in [0.1, 0.15) is 36.1 Å². The Balaban J connectivity index is 1.14. The first kappa shape index (κ1) is 21.4. The number of aryl methyl sites for hydroxylation is 1. The van der Waals surface area contributed by atoms with Crippen molar-refractivity contribution in [2.24, 2.45) is 0 Å². The van der Waals surface area contributed by atoms with E-state index in [4.69, 9.17) is 32.6 Å². The van der Waals surface area contributed by atoms with Crippen LogP contribution in [0.15, 0.2) is 53.1 Å². The average Bonchev–Trinajstić information content (AvgIpc) is 3.45. The minimum absolute atomic E-state index is 0.144. The summed E-state index contributed by atoms with van der Waals surface area (Å²) in [6.07, 6.45) is 4.44. The molecular formula is C24H21Cl2N3O2S. The first-order valence-electron chi connectivity index (χ1n) is 10.6. The van der Waals surface area contributed by atoms with E-state index in [0.29, 0.717) is 40.5 Å². The van der Waals surface area contributed by atoms with Crippen molar-refractivity contribution < 1.29 is 9.21 Å². The van der Waals surface area contributed by atoms with Crippen molar-refractivity contribution in [1.29, 1.82) is 0 Å². The number of thiazole rings is 1. The second-order valence-corrected chi connectivity index (χ2v) is 9.88. The number of nitrogens with zero attached hydrogens (tertiary/aromatic N) is 3. The molecule has 0 unspecified atom stereocenters. The van der Waals surface area contributed by atoms with Crippen LogP contribution in [0.5, 0.6) is 0 Å². The molecule has 0 spiro atoms. The normalized spacial score (nSPS) is 14.9. The van der Waals surface area contributed by atoms with Crippen LogP contribution < -0.4 is 0 Å². The molecule has 32 heavy (non-hydrogen) atoms. The highest BCUT2D eigenvalue weighted by atomic mass is 35.5. The number of hydrogen-bond donors (Lipinski definition) is 0. The number of hydrogen-bond acceptors (Lipinski definition) is 5. The van der Waals surface area contributed by atoms with Crippen molar-refractivity contribution in [3.8, 4) is 11.3 Å². The Morgan fingerprint density at radius 2 is 1.84 bits per heavy atom. The molecule has 164 valence electrons.